The van der Waals surface area contributed by atoms with Crippen molar-refractivity contribution in [3.05, 3.63) is 125 Å². The largest absolute Gasteiger partial charge is 0.495 e. The zero-order chi connectivity index (χ0) is 32.4. The van der Waals surface area contributed by atoms with E-state index in [-0.39, 0.29) is 35.2 Å². The number of carbonyl (C=O) groups excluding carboxylic acids is 2. The van der Waals surface area contributed by atoms with Crippen molar-refractivity contribution in [2.24, 2.45) is 0 Å². The normalized spacial score (nSPS) is 11.8. The van der Waals surface area contributed by atoms with Crippen LogP contribution in [0.25, 0.3) is 0 Å². The SMILES string of the molecule is CCCNC(=O)C(Cc1ccccc1)N(Cc1cccc(Cl)c1)C(=O)CN(c1cc(C)ccc1OC)S(=O)(=O)c1ccccc1. The van der Waals surface area contributed by atoms with Crippen LogP contribution in [0.1, 0.15) is 30.0 Å². The monoisotopic (exact) mass is 647 g/mol. The molecule has 0 fully saturated rings. The molecule has 4 aromatic rings. The van der Waals surface area contributed by atoms with Gasteiger partial charge in [0.25, 0.3) is 10.0 Å². The lowest BCUT2D eigenvalue weighted by Gasteiger charge is -2.34. The lowest BCUT2D eigenvalue weighted by molar-refractivity contribution is -0.140. The third-order valence-electron chi connectivity index (χ3n) is 7.28. The highest BCUT2D eigenvalue weighted by Gasteiger charge is 2.35. The fourth-order valence-electron chi connectivity index (χ4n) is 4.98. The van der Waals surface area contributed by atoms with E-state index in [1.54, 1.807) is 54.6 Å². The molecule has 4 aromatic carbocycles. The molecule has 1 unspecified atom stereocenters. The van der Waals surface area contributed by atoms with Crippen LogP contribution in [0, 0.1) is 6.92 Å². The summed E-state index contributed by atoms with van der Waals surface area (Å²) < 4.78 is 35.0. The van der Waals surface area contributed by atoms with Gasteiger partial charge in [0.15, 0.2) is 0 Å². The van der Waals surface area contributed by atoms with E-state index in [0.29, 0.717) is 23.6 Å². The first-order valence-corrected chi connectivity index (χ1v) is 16.5. The predicted octanol–water partition coefficient (Wildman–Crippen LogP) is 6.02. The van der Waals surface area contributed by atoms with Crippen LogP contribution in [0.4, 0.5) is 5.69 Å². The number of sulfonamides is 1. The second-order valence-electron chi connectivity index (χ2n) is 10.6. The zero-order valence-corrected chi connectivity index (χ0v) is 27.2. The van der Waals surface area contributed by atoms with Gasteiger partial charge in [-0.1, -0.05) is 85.3 Å². The van der Waals surface area contributed by atoms with Crippen LogP contribution < -0.4 is 14.4 Å². The Balaban J connectivity index is 1.84. The van der Waals surface area contributed by atoms with Gasteiger partial charge in [-0.3, -0.25) is 13.9 Å². The van der Waals surface area contributed by atoms with E-state index in [0.717, 1.165) is 15.4 Å². The number of ether oxygens (including phenoxy) is 1. The molecule has 0 heterocycles. The van der Waals surface area contributed by atoms with E-state index in [1.165, 1.54) is 24.1 Å². The third kappa shape index (κ3) is 8.65. The maximum atomic E-state index is 14.6. The van der Waals surface area contributed by atoms with E-state index in [1.807, 2.05) is 50.2 Å². The summed E-state index contributed by atoms with van der Waals surface area (Å²) in [5.41, 5.74) is 2.55. The minimum atomic E-state index is -4.25. The van der Waals surface area contributed by atoms with Gasteiger partial charge in [0.1, 0.15) is 18.3 Å². The number of nitrogens with one attached hydrogen (secondary N) is 1. The van der Waals surface area contributed by atoms with Crippen LogP contribution in [-0.4, -0.2) is 51.4 Å². The Labute approximate surface area is 270 Å². The number of benzene rings is 4. The first-order valence-electron chi connectivity index (χ1n) is 14.7. The van der Waals surface area contributed by atoms with Crippen LogP contribution in [0.5, 0.6) is 5.75 Å². The molecule has 0 bridgehead atoms. The minimum Gasteiger partial charge on any atom is -0.495 e. The Bertz CT molecular complexity index is 1700. The summed E-state index contributed by atoms with van der Waals surface area (Å²) in [5.74, 6) is -0.608. The Kier molecular flexibility index (Phi) is 11.6. The van der Waals surface area contributed by atoms with Gasteiger partial charge in [-0.15, -0.1) is 0 Å². The van der Waals surface area contributed by atoms with Crippen molar-refractivity contribution in [3.8, 4) is 5.75 Å². The van der Waals surface area contributed by atoms with Gasteiger partial charge >= 0.3 is 0 Å². The number of anilines is 1. The van der Waals surface area contributed by atoms with E-state index in [2.05, 4.69) is 5.32 Å². The molecule has 1 atom stereocenters. The molecule has 8 nitrogen and oxygen atoms in total. The highest BCUT2D eigenvalue weighted by Crippen LogP contribution is 2.34. The highest BCUT2D eigenvalue weighted by atomic mass is 35.5. The van der Waals surface area contributed by atoms with Crippen molar-refractivity contribution in [3.63, 3.8) is 0 Å². The number of hydrogen-bond acceptors (Lipinski definition) is 5. The average Bonchev–Trinajstić information content (AvgIpc) is 3.04. The fraction of sp³-hybridized carbons (Fsp3) is 0.257. The number of nitrogens with zero attached hydrogens (tertiary/aromatic N) is 2. The molecule has 0 aliphatic carbocycles. The molecular weight excluding hydrogens is 610 g/mol. The summed E-state index contributed by atoms with van der Waals surface area (Å²) in [7, 11) is -2.80. The Morgan fingerprint density at radius 1 is 0.889 bits per heavy atom. The number of amides is 2. The van der Waals surface area contributed by atoms with Gasteiger partial charge < -0.3 is 15.0 Å². The molecule has 236 valence electrons. The van der Waals surface area contributed by atoms with Gasteiger partial charge in [0.2, 0.25) is 11.8 Å². The fourth-order valence-corrected chi connectivity index (χ4v) is 6.63. The molecule has 45 heavy (non-hydrogen) atoms. The Morgan fingerprint density at radius 2 is 1.56 bits per heavy atom. The molecule has 2 amide bonds. The predicted molar refractivity (Wildman–Crippen MR) is 178 cm³/mol. The molecule has 0 aromatic heterocycles. The minimum absolute atomic E-state index is 0.0178. The van der Waals surface area contributed by atoms with Crippen LogP contribution in [-0.2, 0) is 32.6 Å². The number of methoxy groups -OCH3 is 1. The lowest BCUT2D eigenvalue weighted by Crippen LogP contribution is -2.53. The Hall–Kier alpha value is -4.34. The number of rotatable bonds is 14. The van der Waals surface area contributed by atoms with Crippen molar-refractivity contribution in [2.75, 3.05) is 24.5 Å². The van der Waals surface area contributed by atoms with Crippen molar-refractivity contribution >= 4 is 39.1 Å². The summed E-state index contributed by atoms with van der Waals surface area (Å²) in [6.45, 7) is 3.66. The van der Waals surface area contributed by atoms with E-state index in [4.69, 9.17) is 16.3 Å². The number of hydrogen-bond donors (Lipinski definition) is 1. The van der Waals surface area contributed by atoms with Crippen LogP contribution in [0.15, 0.2) is 108 Å². The van der Waals surface area contributed by atoms with Crippen LogP contribution >= 0.6 is 11.6 Å². The molecule has 0 saturated carbocycles. The van der Waals surface area contributed by atoms with E-state index in [9.17, 15) is 18.0 Å². The average molecular weight is 648 g/mol. The number of aryl methyl sites for hydroxylation is 1. The smallest absolute Gasteiger partial charge is 0.264 e. The molecule has 0 spiro atoms. The van der Waals surface area contributed by atoms with Gasteiger partial charge in [-0.25, -0.2) is 8.42 Å². The maximum Gasteiger partial charge on any atom is 0.264 e. The molecule has 0 radical (unpaired) electrons. The standard InChI is InChI=1S/C35H38ClN3O5S/c1-4-20-37-35(41)32(23-27-12-7-5-8-13-27)38(24-28-14-11-15-29(36)22-28)34(40)25-39(31-21-26(2)18-19-33(31)44-3)45(42,43)30-16-9-6-10-17-30/h5-19,21-22,32H,4,20,23-25H2,1-3H3,(H,37,41). The zero-order valence-electron chi connectivity index (χ0n) is 25.6. The number of halogens is 1. The molecule has 0 aliphatic heterocycles. The second-order valence-corrected chi connectivity index (χ2v) is 12.9. The Morgan fingerprint density at radius 3 is 2.20 bits per heavy atom. The topological polar surface area (TPSA) is 96.0 Å². The van der Waals surface area contributed by atoms with Crippen LogP contribution in [0.2, 0.25) is 5.02 Å². The molecule has 0 saturated heterocycles. The summed E-state index contributed by atoms with van der Waals surface area (Å²) in [5, 5.41) is 3.42. The maximum absolute atomic E-state index is 14.6. The summed E-state index contributed by atoms with van der Waals surface area (Å²) in [4.78, 5) is 29.8. The molecule has 10 heteroatoms. The van der Waals surface area contributed by atoms with Gasteiger partial charge in [-0.05, 0) is 66.4 Å². The summed E-state index contributed by atoms with van der Waals surface area (Å²) >= 11 is 6.30. The molecule has 0 aliphatic rings. The van der Waals surface area contributed by atoms with Crippen molar-refractivity contribution in [2.45, 2.75) is 44.2 Å². The van der Waals surface area contributed by atoms with Gasteiger partial charge in [0.05, 0.1) is 17.7 Å². The van der Waals surface area contributed by atoms with Gasteiger partial charge in [0, 0.05) is 24.5 Å². The first-order chi connectivity index (χ1) is 21.6. The highest BCUT2D eigenvalue weighted by molar-refractivity contribution is 7.92. The molecule has 1 N–H and O–H groups in total. The second kappa shape index (κ2) is 15.6. The third-order valence-corrected chi connectivity index (χ3v) is 9.28. The quantitative estimate of drug-likeness (QED) is 0.181. The van der Waals surface area contributed by atoms with Crippen molar-refractivity contribution in [1.29, 1.82) is 0 Å². The van der Waals surface area contributed by atoms with Crippen LogP contribution in [0.3, 0.4) is 0 Å². The molecular formula is C35H38ClN3O5S. The first kappa shape index (κ1) is 33.6. The summed E-state index contributed by atoms with van der Waals surface area (Å²) in [6, 6.07) is 28.6. The molecule has 4 rings (SSSR count). The lowest BCUT2D eigenvalue weighted by atomic mass is 10.0. The van der Waals surface area contributed by atoms with E-state index >= 15 is 0 Å². The van der Waals surface area contributed by atoms with Crippen molar-refractivity contribution in [1.82, 2.24) is 10.2 Å². The van der Waals surface area contributed by atoms with E-state index < -0.39 is 28.5 Å². The summed E-state index contributed by atoms with van der Waals surface area (Å²) in [6.07, 6.45) is 0.935. The van der Waals surface area contributed by atoms with Gasteiger partial charge in [-0.2, -0.15) is 0 Å². The number of carbonyl (C=O) groups is 2. The van der Waals surface area contributed by atoms with Crippen molar-refractivity contribution < 1.29 is 22.7 Å².